The predicted octanol–water partition coefficient (Wildman–Crippen LogP) is 3.16. The fraction of sp³-hybridized carbons (Fsp3) is 0.462. The van der Waals surface area contributed by atoms with Gasteiger partial charge in [0.25, 0.3) is 0 Å². The number of carboxylic acid groups (broad SMARTS) is 1. The van der Waals surface area contributed by atoms with Crippen LogP contribution in [0.15, 0.2) is 12.1 Å². The van der Waals surface area contributed by atoms with Crippen LogP contribution in [0.2, 0.25) is 5.02 Å². The second-order valence-corrected chi connectivity index (χ2v) is 5.01. The molecule has 1 saturated carbocycles. The molecule has 0 unspecified atom stereocenters. The summed E-state index contributed by atoms with van der Waals surface area (Å²) in [5.41, 5.74) is 1.60. The molecule has 1 aromatic carbocycles. The molecule has 1 aromatic rings. The summed E-state index contributed by atoms with van der Waals surface area (Å²) in [4.78, 5) is 10.9. The molecular formula is C13H15ClO3. The molecule has 0 aliphatic heterocycles. The van der Waals surface area contributed by atoms with Crippen LogP contribution in [-0.4, -0.2) is 18.2 Å². The highest BCUT2D eigenvalue weighted by Crippen LogP contribution is 2.54. The van der Waals surface area contributed by atoms with Gasteiger partial charge < -0.3 is 9.84 Å². The van der Waals surface area contributed by atoms with Gasteiger partial charge in [-0.25, -0.2) is 0 Å². The van der Waals surface area contributed by atoms with Crippen LogP contribution >= 0.6 is 11.6 Å². The number of methoxy groups -OCH3 is 1. The van der Waals surface area contributed by atoms with Gasteiger partial charge in [0.1, 0.15) is 5.75 Å². The average Bonchev–Trinajstić information content (AvgIpc) is 2.98. The Labute approximate surface area is 105 Å². The Bertz CT molecular complexity index is 464. The minimum Gasteiger partial charge on any atom is -0.495 e. The largest absolute Gasteiger partial charge is 0.495 e. The first-order valence-corrected chi connectivity index (χ1v) is 5.93. The zero-order valence-corrected chi connectivity index (χ0v) is 10.7. The normalized spacial score (nSPS) is 16.6. The number of hydrogen-bond donors (Lipinski definition) is 1. The first-order valence-electron chi connectivity index (χ1n) is 5.55. The minimum atomic E-state index is -0.780. The maximum atomic E-state index is 10.9. The summed E-state index contributed by atoms with van der Waals surface area (Å²) in [5, 5.41) is 9.51. The van der Waals surface area contributed by atoms with Crippen LogP contribution in [-0.2, 0) is 10.2 Å². The lowest BCUT2D eigenvalue weighted by molar-refractivity contribution is -0.137. The van der Waals surface area contributed by atoms with E-state index in [1.54, 1.807) is 7.11 Å². The van der Waals surface area contributed by atoms with Crippen molar-refractivity contribution in [1.82, 2.24) is 0 Å². The maximum absolute atomic E-state index is 10.9. The molecule has 3 nitrogen and oxygen atoms in total. The third-order valence-corrected chi connectivity index (χ3v) is 3.79. The SMILES string of the molecule is COc1c(C)ccc(C2(CC(=O)O)CC2)c1Cl. The lowest BCUT2D eigenvalue weighted by Gasteiger charge is -2.18. The van der Waals surface area contributed by atoms with Crippen molar-refractivity contribution >= 4 is 17.6 Å². The first-order chi connectivity index (χ1) is 8.00. The van der Waals surface area contributed by atoms with Crippen molar-refractivity contribution in [2.75, 3.05) is 7.11 Å². The fourth-order valence-corrected chi connectivity index (χ4v) is 2.78. The summed E-state index contributed by atoms with van der Waals surface area (Å²) in [7, 11) is 1.58. The Morgan fingerprint density at radius 2 is 2.18 bits per heavy atom. The van der Waals surface area contributed by atoms with Crippen molar-refractivity contribution in [3.05, 3.63) is 28.3 Å². The van der Waals surface area contributed by atoms with Crippen molar-refractivity contribution in [1.29, 1.82) is 0 Å². The van der Waals surface area contributed by atoms with E-state index in [1.807, 2.05) is 19.1 Å². The number of aryl methyl sites for hydroxylation is 1. The molecule has 0 saturated heterocycles. The lowest BCUT2D eigenvalue weighted by atomic mass is 9.91. The Hall–Kier alpha value is -1.22. The summed E-state index contributed by atoms with van der Waals surface area (Å²) in [6, 6.07) is 3.86. The van der Waals surface area contributed by atoms with E-state index in [9.17, 15) is 4.79 Å². The summed E-state index contributed by atoms with van der Waals surface area (Å²) < 4.78 is 5.26. The number of benzene rings is 1. The Morgan fingerprint density at radius 3 is 2.65 bits per heavy atom. The van der Waals surface area contributed by atoms with Gasteiger partial charge in [-0.05, 0) is 30.9 Å². The summed E-state index contributed by atoms with van der Waals surface area (Å²) in [5.74, 6) is -0.126. The molecule has 0 amide bonds. The van der Waals surface area contributed by atoms with Gasteiger partial charge in [0.15, 0.2) is 0 Å². The van der Waals surface area contributed by atoms with Gasteiger partial charge in [0.2, 0.25) is 0 Å². The fourth-order valence-electron chi connectivity index (χ4n) is 2.29. The predicted molar refractivity (Wildman–Crippen MR) is 65.9 cm³/mol. The number of halogens is 1. The molecule has 1 aliphatic carbocycles. The van der Waals surface area contributed by atoms with E-state index < -0.39 is 5.97 Å². The van der Waals surface area contributed by atoms with Gasteiger partial charge in [-0.3, -0.25) is 4.79 Å². The van der Waals surface area contributed by atoms with E-state index in [4.69, 9.17) is 21.4 Å². The van der Waals surface area contributed by atoms with Crippen molar-refractivity contribution in [2.24, 2.45) is 0 Å². The van der Waals surface area contributed by atoms with Gasteiger partial charge in [0.05, 0.1) is 18.6 Å². The minimum absolute atomic E-state index is 0.138. The molecule has 0 heterocycles. The smallest absolute Gasteiger partial charge is 0.304 e. The second kappa shape index (κ2) is 4.22. The first kappa shape index (κ1) is 12.2. The zero-order chi connectivity index (χ0) is 12.6. The van der Waals surface area contributed by atoms with E-state index in [-0.39, 0.29) is 11.8 Å². The van der Waals surface area contributed by atoms with Crippen molar-refractivity contribution in [3.8, 4) is 5.75 Å². The molecule has 1 aliphatic rings. The molecule has 4 heteroatoms. The molecule has 0 atom stereocenters. The number of hydrogen-bond acceptors (Lipinski definition) is 2. The Balaban J connectivity index is 2.43. The van der Waals surface area contributed by atoms with Gasteiger partial charge >= 0.3 is 5.97 Å². The highest BCUT2D eigenvalue weighted by atomic mass is 35.5. The molecule has 92 valence electrons. The monoisotopic (exact) mass is 254 g/mol. The van der Waals surface area contributed by atoms with E-state index in [0.717, 1.165) is 24.0 Å². The van der Waals surface area contributed by atoms with Crippen molar-refractivity contribution in [2.45, 2.75) is 31.6 Å². The molecule has 0 spiro atoms. The second-order valence-electron chi connectivity index (χ2n) is 4.63. The molecule has 0 aromatic heterocycles. The quantitative estimate of drug-likeness (QED) is 0.898. The number of rotatable bonds is 4. The number of carbonyl (C=O) groups is 1. The van der Waals surface area contributed by atoms with E-state index in [0.29, 0.717) is 10.8 Å². The molecule has 0 bridgehead atoms. The van der Waals surface area contributed by atoms with Crippen LogP contribution in [0.4, 0.5) is 0 Å². The van der Waals surface area contributed by atoms with Crippen molar-refractivity contribution < 1.29 is 14.6 Å². The van der Waals surface area contributed by atoms with Gasteiger partial charge in [-0.15, -0.1) is 0 Å². The Morgan fingerprint density at radius 1 is 1.53 bits per heavy atom. The van der Waals surface area contributed by atoms with Gasteiger partial charge in [0, 0.05) is 5.41 Å². The standard InChI is InChI=1S/C13H15ClO3/c1-8-3-4-9(11(14)12(8)17-2)13(5-6-13)7-10(15)16/h3-4H,5-7H2,1-2H3,(H,15,16). The van der Waals surface area contributed by atoms with Crippen LogP contribution < -0.4 is 4.74 Å². The van der Waals surface area contributed by atoms with Gasteiger partial charge in [-0.2, -0.15) is 0 Å². The third kappa shape index (κ3) is 2.12. The molecular weight excluding hydrogens is 240 g/mol. The molecule has 1 N–H and O–H groups in total. The van der Waals surface area contributed by atoms with Crippen LogP contribution in [0.3, 0.4) is 0 Å². The third-order valence-electron chi connectivity index (χ3n) is 3.41. The van der Waals surface area contributed by atoms with Crippen LogP contribution in [0.25, 0.3) is 0 Å². The van der Waals surface area contributed by atoms with Gasteiger partial charge in [-0.1, -0.05) is 23.7 Å². The van der Waals surface area contributed by atoms with E-state index >= 15 is 0 Å². The average molecular weight is 255 g/mol. The number of ether oxygens (including phenoxy) is 1. The summed E-state index contributed by atoms with van der Waals surface area (Å²) in [6.07, 6.45) is 1.90. The van der Waals surface area contributed by atoms with Crippen LogP contribution in [0, 0.1) is 6.92 Å². The van der Waals surface area contributed by atoms with Crippen molar-refractivity contribution in [3.63, 3.8) is 0 Å². The van der Waals surface area contributed by atoms with Crippen LogP contribution in [0.5, 0.6) is 5.75 Å². The molecule has 2 rings (SSSR count). The molecule has 0 radical (unpaired) electrons. The number of carboxylic acids is 1. The van der Waals surface area contributed by atoms with E-state index in [2.05, 4.69) is 0 Å². The van der Waals surface area contributed by atoms with E-state index in [1.165, 1.54) is 0 Å². The highest BCUT2D eigenvalue weighted by Gasteiger charge is 2.47. The molecule has 1 fully saturated rings. The zero-order valence-electron chi connectivity index (χ0n) is 9.92. The van der Waals surface area contributed by atoms with Crippen LogP contribution in [0.1, 0.15) is 30.4 Å². The molecule has 17 heavy (non-hydrogen) atoms. The summed E-state index contributed by atoms with van der Waals surface area (Å²) >= 11 is 6.30. The topological polar surface area (TPSA) is 46.5 Å². The number of aliphatic carboxylic acids is 1. The highest BCUT2D eigenvalue weighted by molar-refractivity contribution is 6.33. The Kier molecular flexibility index (Phi) is 3.04. The summed E-state index contributed by atoms with van der Waals surface area (Å²) in [6.45, 7) is 1.92. The lowest BCUT2D eigenvalue weighted by Crippen LogP contribution is -2.14. The maximum Gasteiger partial charge on any atom is 0.304 e.